The monoisotopic (exact) mass is 188 g/mol. The number of methoxy groups -OCH3 is 1. The third-order valence-electron chi connectivity index (χ3n) is 1.59. The van der Waals surface area contributed by atoms with Crippen molar-refractivity contribution in [1.82, 2.24) is 0 Å². The molecule has 76 valence electrons. The smallest absolute Gasteiger partial charge is 0.347 e. The van der Waals surface area contributed by atoms with Crippen molar-refractivity contribution in [3.05, 3.63) is 0 Å². The van der Waals surface area contributed by atoms with Crippen LogP contribution in [0.2, 0.25) is 0 Å². The summed E-state index contributed by atoms with van der Waals surface area (Å²) in [5, 5.41) is 0. The Bertz CT molecular complexity index is 186. The Kier molecular flexibility index (Phi) is 5.11. The molecule has 0 amide bonds. The van der Waals surface area contributed by atoms with Gasteiger partial charge in [0.2, 0.25) is 6.10 Å². The third kappa shape index (κ3) is 3.92. The maximum Gasteiger partial charge on any atom is 0.347 e. The van der Waals surface area contributed by atoms with E-state index >= 15 is 0 Å². The average molecular weight is 188 g/mol. The molecule has 0 bridgehead atoms. The van der Waals surface area contributed by atoms with Gasteiger partial charge in [-0.05, 0) is 0 Å². The normalized spacial score (nSPS) is 12.4. The molecule has 0 aromatic heterocycles. The highest BCUT2D eigenvalue weighted by molar-refractivity contribution is 5.79. The molecule has 0 aliphatic heterocycles. The van der Waals surface area contributed by atoms with E-state index in [1.807, 2.05) is 0 Å². The summed E-state index contributed by atoms with van der Waals surface area (Å²) in [4.78, 5) is 22.0. The van der Waals surface area contributed by atoms with Gasteiger partial charge in [0.15, 0.2) is 0 Å². The van der Waals surface area contributed by atoms with Crippen molar-refractivity contribution in [3.8, 4) is 0 Å². The van der Waals surface area contributed by atoms with Crippen LogP contribution in [-0.2, 0) is 19.1 Å². The zero-order valence-corrected chi connectivity index (χ0v) is 8.49. The number of hydrogen-bond donors (Lipinski definition) is 0. The van der Waals surface area contributed by atoms with Gasteiger partial charge in [-0.3, -0.25) is 4.79 Å². The zero-order valence-electron chi connectivity index (χ0n) is 8.49. The first-order chi connectivity index (χ1) is 6.02. The second-order valence-corrected chi connectivity index (χ2v) is 3.03. The predicted octanol–water partition coefficient (Wildman–Crippen LogP) is 1.14. The van der Waals surface area contributed by atoms with Gasteiger partial charge in [-0.2, -0.15) is 0 Å². The molecule has 0 saturated carbocycles. The molecule has 0 heterocycles. The topological polar surface area (TPSA) is 52.6 Å². The van der Waals surface area contributed by atoms with Crippen LogP contribution < -0.4 is 0 Å². The molecule has 0 rings (SSSR count). The van der Waals surface area contributed by atoms with Crippen molar-refractivity contribution in [1.29, 1.82) is 0 Å². The fourth-order valence-electron chi connectivity index (χ4n) is 0.797. The van der Waals surface area contributed by atoms with E-state index in [0.717, 1.165) is 0 Å². The third-order valence-corrected chi connectivity index (χ3v) is 1.59. The molecule has 0 radical (unpaired) electrons. The molecular formula is C9H16O4. The summed E-state index contributed by atoms with van der Waals surface area (Å²) < 4.78 is 9.40. The van der Waals surface area contributed by atoms with Crippen molar-refractivity contribution in [2.45, 2.75) is 33.3 Å². The zero-order chi connectivity index (χ0) is 10.4. The van der Waals surface area contributed by atoms with Crippen LogP contribution in [-0.4, -0.2) is 25.2 Å². The Balaban J connectivity index is 4.26. The van der Waals surface area contributed by atoms with Crippen molar-refractivity contribution in [2.24, 2.45) is 5.92 Å². The van der Waals surface area contributed by atoms with Gasteiger partial charge in [0.25, 0.3) is 0 Å². The Labute approximate surface area is 78.2 Å². The van der Waals surface area contributed by atoms with Gasteiger partial charge >= 0.3 is 11.9 Å². The lowest BCUT2D eigenvalue weighted by molar-refractivity contribution is -0.168. The molecule has 0 aliphatic carbocycles. The van der Waals surface area contributed by atoms with Crippen molar-refractivity contribution in [2.75, 3.05) is 7.11 Å². The van der Waals surface area contributed by atoms with Crippen LogP contribution in [0.1, 0.15) is 27.2 Å². The van der Waals surface area contributed by atoms with Crippen LogP contribution >= 0.6 is 0 Å². The van der Waals surface area contributed by atoms with Crippen LogP contribution in [0, 0.1) is 5.92 Å². The molecule has 0 fully saturated rings. The Hall–Kier alpha value is -1.06. The van der Waals surface area contributed by atoms with Crippen molar-refractivity contribution < 1.29 is 19.1 Å². The van der Waals surface area contributed by atoms with Gasteiger partial charge in [0, 0.05) is 12.3 Å². The van der Waals surface area contributed by atoms with Crippen LogP contribution in [0.5, 0.6) is 0 Å². The van der Waals surface area contributed by atoms with Gasteiger partial charge in [-0.15, -0.1) is 0 Å². The molecule has 0 aromatic carbocycles. The Morgan fingerprint density at radius 1 is 1.31 bits per heavy atom. The highest BCUT2D eigenvalue weighted by Gasteiger charge is 2.26. The second-order valence-electron chi connectivity index (χ2n) is 3.03. The molecular weight excluding hydrogens is 172 g/mol. The molecule has 1 unspecified atom stereocenters. The molecule has 13 heavy (non-hydrogen) atoms. The summed E-state index contributed by atoms with van der Waals surface area (Å²) in [5.74, 6) is -0.955. The Morgan fingerprint density at radius 3 is 2.15 bits per heavy atom. The summed E-state index contributed by atoms with van der Waals surface area (Å²) in [6, 6.07) is 0. The largest absolute Gasteiger partial charge is 0.466 e. The van der Waals surface area contributed by atoms with Gasteiger partial charge in [0.1, 0.15) is 0 Å². The first kappa shape index (κ1) is 11.9. The standard InChI is InChI=1S/C9H16O4/c1-5-7(10)13-8(6(2)3)9(11)12-4/h6,8H,5H2,1-4H3. The van der Waals surface area contributed by atoms with Crippen molar-refractivity contribution in [3.63, 3.8) is 0 Å². The van der Waals surface area contributed by atoms with Crippen LogP contribution in [0.3, 0.4) is 0 Å². The molecule has 0 N–H and O–H groups in total. The number of carbonyl (C=O) groups is 2. The molecule has 1 atom stereocenters. The van der Waals surface area contributed by atoms with Crippen LogP contribution in [0.15, 0.2) is 0 Å². The molecule has 0 aromatic rings. The lowest BCUT2D eigenvalue weighted by atomic mass is 10.1. The maximum atomic E-state index is 11.1. The van der Waals surface area contributed by atoms with E-state index in [1.54, 1.807) is 20.8 Å². The van der Waals surface area contributed by atoms with E-state index in [1.165, 1.54) is 7.11 Å². The first-order valence-corrected chi connectivity index (χ1v) is 4.30. The van der Waals surface area contributed by atoms with Gasteiger partial charge < -0.3 is 9.47 Å². The molecule has 4 nitrogen and oxygen atoms in total. The average Bonchev–Trinajstić information content (AvgIpc) is 2.11. The highest BCUT2D eigenvalue weighted by Crippen LogP contribution is 2.09. The second kappa shape index (κ2) is 5.56. The van der Waals surface area contributed by atoms with Crippen LogP contribution in [0.4, 0.5) is 0 Å². The highest BCUT2D eigenvalue weighted by atomic mass is 16.6. The SMILES string of the molecule is CCC(=O)OC(C(=O)OC)C(C)C. The van der Waals surface area contributed by atoms with E-state index in [-0.39, 0.29) is 18.3 Å². The van der Waals surface area contributed by atoms with E-state index < -0.39 is 12.1 Å². The fourth-order valence-corrected chi connectivity index (χ4v) is 0.797. The van der Waals surface area contributed by atoms with E-state index in [2.05, 4.69) is 4.74 Å². The summed E-state index contributed by atoms with van der Waals surface area (Å²) in [7, 11) is 1.28. The minimum Gasteiger partial charge on any atom is -0.466 e. The van der Waals surface area contributed by atoms with Gasteiger partial charge in [-0.25, -0.2) is 4.79 Å². The number of esters is 2. The van der Waals surface area contributed by atoms with E-state index in [4.69, 9.17) is 4.74 Å². The molecule has 0 spiro atoms. The summed E-state index contributed by atoms with van der Waals surface area (Å²) in [6.45, 7) is 5.27. The summed E-state index contributed by atoms with van der Waals surface area (Å²) in [6.07, 6.45) is -0.516. The van der Waals surface area contributed by atoms with E-state index in [0.29, 0.717) is 0 Å². The number of ether oxygens (including phenoxy) is 2. The summed E-state index contributed by atoms with van der Waals surface area (Å²) >= 11 is 0. The molecule has 0 saturated heterocycles. The minimum atomic E-state index is -0.780. The number of hydrogen-bond acceptors (Lipinski definition) is 4. The lowest BCUT2D eigenvalue weighted by Gasteiger charge is -2.18. The molecule has 4 heteroatoms. The quantitative estimate of drug-likeness (QED) is 0.621. The number of carbonyl (C=O) groups excluding carboxylic acids is 2. The molecule has 0 aliphatic rings. The first-order valence-electron chi connectivity index (χ1n) is 4.30. The van der Waals surface area contributed by atoms with Gasteiger partial charge in [-0.1, -0.05) is 20.8 Å². The predicted molar refractivity (Wildman–Crippen MR) is 47.0 cm³/mol. The minimum absolute atomic E-state index is 0.0667. The van der Waals surface area contributed by atoms with Crippen LogP contribution in [0.25, 0.3) is 0 Å². The lowest BCUT2D eigenvalue weighted by Crippen LogP contribution is -2.32. The van der Waals surface area contributed by atoms with E-state index in [9.17, 15) is 9.59 Å². The Morgan fingerprint density at radius 2 is 1.85 bits per heavy atom. The summed E-state index contributed by atoms with van der Waals surface area (Å²) in [5.41, 5.74) is 0. The fraction of sp³-hybridized carbons (Fsp3) is 0.778. The van der Waals surface area contributed by atoms with Crippen molar-refractivity contribution >= 4 is 11.9 Å². The maximum absolute atomic E-state index is 11.1. The van der Waals surface area contributed by atoms with Gasteiger partial charge in [0.05, 0.1) is 7.11 Å². The number of rotatable bonds is 4.